The van der Waals surface area contributed by atoms with E-state index in [0.717, 1.165) is 27.4 Å². The molecule has 4 rings (SSSR count). The standard InChI is InChI=1S/C23H25BrN2O3S2/c1-2-29-21(27)14-25-13-16(18-12-17(24)7-8-19(18)25)11-20-22(28)26(23(30)31-20)10-9-15-5-3-4-6-15/h7-8,11-13,15H,2-6,9-10,14H2,1H3/b20-11-. The van der Waals surface area contributed by atoms with Crippen molar-refractivity contribution in [2.75, 3.05) is 13.2 Å². The second-order valence-corrected chi connectivity index (χ2v) is 10.5. The number of halogens is 1. The van der Waals surface area contributed by atoms with Crippen molar-refractivity contribution in [3.8, 4) is 0 Å². The molecule has 1 saturated heterocycles. The molecule has 1 amide bonds. The summed E-state index contributed by atoms with van der Waals surface area (Å²) in [4.78, 5) is 27.5. The average Bonchev–Trinajstić information content (AvgIpc) is 3.42. The molecule has 0 spiro atoms. The third kappa shape index (κ3) is 5.07. The number of thioether (sulfide) groups is 1. The van der Waals surface area contributed by atoms with Gasteiger partial charge in [-0.1, -0.05) is 65.6 Å². The highest BCUT2D eigenvalue weighted by atomic mass is 79.9. The molecule has 0 N–H and O–H groups in total. The third-order valence-electron chi connectivity index (χ3n) is 5.87. The Morgan fingerprint density at radius 2 is 2.13 bits per heavy atom. The first-order valence-corrected chi connectivity index (χ1v) is 12.7. The SMILES string of the molecule is CCOC(=O)Cn1cc(/C=C2\SC(=S)N(CCC3CCCC3)C2=O)c2cc(Br)ccc21. The maximum atomic E-state index is 13.1. The third-order valence-corrected chi connectivity index (χ3v) is 7.75. The Hall–Kier alpha value is -1.64. The molecule has 1 aliphatic carbocycles. The van der Waals surface area contributed by atoms with Gasteiger partial charge in [-0.2, -0.15) is 0 Å². The minimum Gasteiger partial charge on any atom is -0.465 e. The summed E-state index contributed by atoms with van der Waals surface area (Å²) < 4.78 is 8.54. The van der Waals surface area contributed by atoms with Crippen LogP contribution in [-0.4, -0.2) is 38.8 Å². The number of hydrogen-bond donors (Lipinski definition) is 0. The number of amides is 1. The zero-order valence-corrected chi connectivity index (χ0v) is 20.7. The number of ether oxygens (including phenoxy) is 1. The van der Waals surface area contributed by atoms with E-state index in [-0.39, 0.29) is 18.4 Å². The molecule has 1 aromatic heterocycles. The number of esters is 1. The quantitative estimate of drug-likeness (QED) is 0.264. The minimum absolute atomic E-state index is 0.0192. The van der Waals surface area contributed by atoms with Gasteiger partial charge in [0.25, 0.3) is 5.91 Å². The summed E-state index contributed by atoms with van der Waals surface area (Å²) in [7, 11) is 0. The molecule has 0 bridgehead atoms. The Kier molecular flexibility index (Phi) is 7.19. The van der Waals surface area contributed by atoms with Gasteiger partial charge in [0.2, 0.25) is 0 Å². The van der Waals surface area contributed by atoms with Crippen molar-refractivity contribution in [1.82, 2.24) is 9.47 Å². The minimum atomic E-state index is -0.285. The van der Waals surface area contributed by atoms with Gasteiger partial charge < -0.3 is 9.30 Å². The van der Waals surface area contributed by atoms with Gasteiger partial charge in [-0.15, -0.1) is 0 Å². The number of nitrogens with zero attached hydrogens (tertiary/aromatic N) is 2. The molecule has 0 atom stereocenters. The molecule has 164 valence electrons. The van der Waals surface area contributed by atoms with Crippen LogP contribution in [0, 0.1) is 5.92 Å². The predicted octanol–water partition coefficient (Wildman–Crippen LogP) is 5.75. The fourth-order valence-corrected chi connectivity index (χ4v) is 5.99. The first kappa shape index (κ1) is 22.6. The summed E-state index contributed by atoms with van der Waals surface area (Å²) in [5.74, 6) is 0.410. The molecular weight excluding hydrogens is 496 g/mol. The molecule has 1 saturated carbocycles. The first-order chi connectivity index (χ1) is 15.0. The fourth-order valence-electron chi connectivity index (χ4n) is 4.33. The van der Waals surface area contributed by atoms with E-state index in [4.69, 9.17) is 17.0 Å². The van der Waals surface area contributed by atoms with E-state index in [1.54, 1.807) is 11.8 Å². The Balaban J connectivity index is 1.59. The van der Waals surface area contributed by atoms with Gasteiger partial charge in [-0.05, 0) is 43.5 Å². The van der Waals surface area contributed by atoms with Crippen LogP contribution in [0.5, 0.6) is 0 Å². The van der Waals surface area contributed by atoms with Crippen LogP contribution < -0.4 is 0 Å². The number of aromatic nitrogens is 1. The molecule has 31 heavy (non-hydrogen) atoms. The normalized spacial score (nSPS) is 18.6. The maximum Gasteiger partial charge on any atom is 0.325 e. The van der Waals surface area contributed by atoms with E-state index in [9.17, 15) is 9.59 Å². The number of benzene rings is 1. The molecule has 2 aliphatic rings. The van der Waals surface area contributed by atoms with E-state index < -0.39 is 0 Å². The van der Waals surface area contributed by atoms with Crippen LogP contribution in [0.1, 0.15) is 44.6 Å². The van der Waals surface area contributed by atoms with Crippen LogP contribution in [0.3, 0.4) is 0 Å². The average molecular weight is 522 g/mol. The number of fused-ring (bicyclic) bond motifs is 1. The summed E-state index contributed by atoms with van der Waals surface area (Å²) >= 11 is 10.4. The molecule has 5 nitrogen and oxygen atoms in total. The number of carbonyl (C=O) groups is 2. The van der Waals surface area contributed by atoms with Crippen LogP contribution in [0.15, 0.2) is 33.8 Å². The van der Waals surface area contributed by atoms with Crippen LogP contribution in [0.2, 0.25) is 0 Å². The van der Waals surface area contributed by atoms with Gasteiger partial charge in [0.05, 0.1) is 11.5 Å². The Morgan fingerprint density at radius 3 is 2.87 bits per heavy atom. The van der Waals surface area contributed by atoms with Crippen LogP contribution in [-0.2, 0) is 20.9 Å². The first-order valence-electron chi connectivity index (χ1n) is 10.7. The lowest BCUT2D eigenvalue weighted by Crippen LogP contribution is -2.30. The van der Waals surface area contributed by atoms with Crippen LogP contribution in [0.4, 0.5) is 0 Å². The molecule has 0 unspecified atom stereocenters. The summed E-state index contributed by atoms with van der Waals surface area (Å²) in [6.45, 7) is 2.97. The molecule has 2 aromatic rings. The molecule has 1 aliphatic heterocycles. The molecule has 1 aromatic carbocycles. The zero-order valence-electron chi connectivity index (χ0n) is 17.4. The number of rotatable bonds is 7. The largest absolute Gasteiger partial charge is 0.465 e. The van der Waals surface area contributed by atoms with Crippen molar-refractivity contribution in [1.29, 1.82) is 0 Å². The highest BCUT2D eigenvalue weighted by Crippen LogP contribution is 2.36. The van der Waals surface area contributed by atoms with Crippen molar-refractivity contribution in [2.24, 2.45) is 5.92 Å². The molecule has 8 heteroatoms. The van der Waals surface area contributed by atoms with Crippen molar-refractivity contribution in [3.63, 3.8) is 0 Å². The molecule has 2 fully saturated rings. The van der Waals surface area contributed by atoms with Gasteiger partial charge in [0.1, 0.15) is 10.9 Å². The maximum absolute atomic E-state index is 13.1. The lowest BCUT2D eigenvalue weighted by Gasteiger charge is -2.17. The zero-order chi connectivity index (χ0) is 22.0. The summed E-state index contributed by atoms with van der Waals surface area (Å²) in [6, 6.07) is 5.91. The lowest BCUT2D eigenvalue weighted by molar-refractivity contribution is -0.143. The molecule has 2 heterocycles. The van der Waals surface area contributed by atoms with Gasteiger partial charge in [0.15, 0.2) is 0 Å². The topological polar surface area (TPSA) is 51.5 Å². The Bertz CT molecular complexity index is 1060. The predicted molar refractivity (Wildman–Crippen MR) is 133 cm³/mol. The van der Waals surface area contributed by atoms with Gasteiger partial charge in [-0.3, -0.25) is 14.5 Å². The van der Waals surface area contributed by atoms with Crippen LogP contribution >= 0.6 is 39.9 Å². The number of thiocarbonyl (C=S) groups is 1. The smallest absolute Gasteiger partial charge is 0.325 e. The Labute approximate surface area is 200 Å². The van der Waals surface area contributed by atoms with Crippen molar-refractivity contribution >= 4 is 73.1 Å². The summed E-state index contributed by atoms with van der Waals surface area (Å²) in [6.07, 6.45) is 9.94. The second-order valence-electron chi connectivity index (χ2n) is 7.95. The number of hydrogen-bond acceptors (Lipinski definition) is 5. The molecule has 0 radical (unpaired) electrons. The monoisotopic (exact) mass is 520 g/mol. The van der Waals surface area contributed by atoms with E-state index in [1.165, 1.54) is 37.4 Å². The summed E-state index contributed by atoms with van der Waals surface area (Å²) in [5.41, 5.74) is 1.80. The van der Waals surface area contributed by atoms with Gasteiger partial charge in [0, 0.05) is 33.7 Å². The van der Waals surface area contributed by atoms with Crippen molar-refractivity contribution < 1.29 is 14.3 Å². The fraction of sp³-hybridized carbons (Fsp3) is 0.435. The number of carbonyl (C=O) groups excluding carboxylic acids is 2. The van der Waals surface area contributed by atoms with Crippen molar-refractivity contribution in [3.05, 3.63) is 39.3 Å². The van der Waals surface area contributed by atoms with Gasteiger partial charge in [-0.25, -0.2) is 0 Å². The Morgan fingerprint density at radius 1 is 1.35 bits per heavy atom. The van der Waals surface area contributed by atoms with E-state index >= 15 is 0 Å². The summed E-state index contributed by atoms with van der Waals surface area (Å²) in [5, 5.41) is 0.967. The van der Waals surface area contributed by atoms with Crippen molar-refractivity contribution in [2.45, 2.75) is 45.6 Å². The second kappa shape index (κ2) is 9.88. The lowest BCUT2D eigenvalue weighted by atomic mass is 10.0. The van der Waals surface area contributed by atoms with E-state index in [2.05, 4.69) is 15.9 Å². The van der Waals surface area contributed by atoms with E-state index in [1.807, 2.05) is 35.0 Å². The molecular formula is C23H25BrN2O3S2. The van der Waals surface area contributed by atoms with Crippen LogP contribution in [0.25, 0.3) is 17.0 Å². The van der Waals surface area contributed by atoms with E-state index in [0.29, 0.717) is 28.3 Å². The van der Waals surface area contributed by atoms with Gasteiger partial charge >= 0.3 is 5.97 Å². The highest BCUT2D eigenvalue weighted by molar-refractivity contribution is 9.10. The highest BCUT2D eigenvalue weighted by Gasteiger charge is 2.32.